The zero-order chi connectivity index (χ0) is 12.7. The summed E-state index contributed by atoms with van der Waals surface area (Å²) in [5, 5.41) is 0. The molecule has 0 radical (unpaired) electrons. The van der Waals surface area contributed by atoms with Gasteiger partial charge in [-0.05, 0) is 44.7 Å². The van der Waals surface area contributed by atoms with Gasteiger partial charge in [0.1, 0.15) is 0 Å². The maximum Gasteiger partial charge on any atom is 0.0302 e. The van der Waals surface area contributed by atoms with E-state index in [1.165, 1.54) is 16.7 Å². The third kappa shape index (κ3) is 5.30. The van der Waals surface area contributed by atoms with Crippen molar-refractivity contribution >= 4 is 11.3 Å². The zero-order valence-corrected chi connectivity index (χ0v) is 11.0. The summed E-state index contributed by atoms with van der Waals surface area (Å²) in [6.07, 6.45) is 3.96. The molecule has 0 N–H and O–H groups in total. The average Bonchev–Trinajstić information content (AvgIpc) is 2.34. The highest BCUT2D eigenvalue weighted by Gasteiger charge is 1.94. The SMILES string of the molecule is C=C(C)CC/C(C)=N\C=C(/C)c1ccccc1. The number of hydrogen-bond acceptors (Lipinski definition) is 1. The number of rotatable bonds is 5. The van der Waals surface area contributed by atoms with Crippen LogP contribution in [-0.2, 0) is 0 Å². The van der Waals surface area contributed by atoms with Crippen LogP contribution in [0.4, 0.5) is 0 Å². The molecule has 0 saturated carbocycles. The van der Waals surface area contributed by atoms with Crippen molar-refractivity contribution in [1.29, 1.82) is 0 Å². The number of hydrogen-bond donors (Lipinski definition) is 0. The highest BCUT2D eigenvalue weighted by molar-refractivity contribution is 5.83. The van der Waals surface area contributed by atoms with E-state index in [0.29, 0.717) is 0 Å². The van der Waals surface area contributed by atoms with Crippen LogP contribution in [0.5, 0.6) is 0 Å². The van der Waals surface area contributed by atoms with Crippen molar-refractivity contribution < 1.29 is 0 Å². The number of nitrogens with zero attached hydrogens (tertiary/aromatic N) is 1. The number of allylic oxidation sites excluding steroid dienone is 2. The van der Waals surface area contributed by atoms with E-state index in [0.717, 1.165) is 18.6 Å². The van der Waals surface area contributed by atoms with Gasteiger partial charge in [-0.25, -0.2) is 0 Å². The van der Waals surface area contributed by atoms with Gasteiger partial charge in [0, 0.05) is 11.9 Å². The summed E-state index contributed by atoms with van der Waals surface area (Å²) < 4.78 is 0. The predicted octanol–water partition coefficient (Wildman–Crippen LogP) is 4.86. The van der Waals surface area contributed by atoms with E-state index >= 15 is 0 Å². The fourth-order valence-electron chi connectivity index (χ4n) is 1.44. The minimum atomic E-state index is 0.994. The molecule has 0 unspecified atom stereocenters. The highest BCUT2D eigenvalue weighted by atomic mass is 14.7. The fraction of sp³-hybridized carbons (Fsp3) is 0.312. The van der Waals surface area contributed by atoms with Crippen LogP contribution in [0.15, 0.2) is 53.7 Å². The second-order valence-electron chi connectivity index (χ2n) is 4.50. The van der Waals surface area contributed by atoms with Crippen LogP contribution in [0.3, 0.4) is 0 Å². The molecule has 0 heterocycles. The van der Waals surface area contributed by atoms with Gasteiger partial charge in [0.2, 0.25) is 0 Å². The summed E-state index contributed by atoms with van der Waals surface area (Å²) >= 11 is 0. The lowest BCUT2D eigenvalue weighted by atomic mass is 10.1. The molecule has 0 atom stereocenters. The van der Waals surface area contributed by atoms with Crippen LogP contribution in [0, 0.1) is 0 Å². The van der Waals surface area contributed by atoms with Crippen LogP contribution in [0.25, 0.3) is 5.57 Å². The first kappa shape index (κ1) is 13.4. The van der Waals surface area contributed by atoms with Gasteiger partial charge in [-0.2, -0.15) is 0 Å². The molecule has 1 nitrogen and oxygen atoms in total. The molecule has 0 bridgehead atoms. The first-order valence-corrected chi connectivity index (χ1v) is 5.99. The van der Waals surface area contributed by atoms with Gasteiger partial charge in [-0.15, -0.1) is 6.58 Å². The van der Waals surface area contributed by atoms with E-state index in [9.17, 15) is 0 Å². The summed E-state index contributed by atoms with van der Waals surface area (Å²) in [6, 6.07) is 10.3. The Bertz CT molecular complexity index is 424. The molecule has 0 aliphatic heterocycles. The lowest BCUT2D eigenvalue weighted by molar-refractivity contribution is 1.01. The molecular weight excluding hydrogens is 206 g/mol. The summed E-state index contributed by atoms with van der Waals surface area (Å²) in [6.45, 7) is 10.1. The summed E-state index contributed by atoms with van der Waals surface area (Å²) in [5.41, 5.74) is 4.79. The molecule has 1 rings (SSSR count). The van der Waals surface area contributed by atoms with E-state index in [1.54, 1.807) is 0 Å². The predicted molar refractivity (Wildman–Crippen MR) is 77.3 cm³/mol. The van der Waals surface area contributed by atoms with E-state index in [-0.39, 0.29) is 0 Å². The van der Waals surface area contributed by atoms with E-state index in [2.05, 4.69) is 44.5 Å². The number of benzene rings is 1. The molecule has 0 aliphatic rings. The lowest BCUT2D eigenvalue weighted by Gasteiger charge is -2.01. The largest absolute Gasteiger partial charge is 0.266 e. The van der Waals surface area contributed by atoms with Gasteiger partial charge in [-0.3, -0.25) is 4.99 Å². The fourth-order valence-corrected chi connectivity index (χ4v) is 1.44. The van der Waals surface area contributed by atoms with Gasteiger partial charge >= 0.3 is 0 Å². The van der Waals surface area contributed by atoms with Gasteiger partial charge in [0.25, 0.3) is 0 Å². The van der Waals surface area contributed by atoms with Crippen LogP contribution in [0.2, 0.25) is 0 Å². The molecule has 0 aliphatic carbocycles. The zero-order valence-electron chi connectivity index (χ0n) is 11.0. The van der Waals surface area contributed by atoms with Gasteiger partial charge < -0.3 is 0 Å². The number of aliphatic imine (C=N–C) groups is 1. The third-order valence-corrected chi connectivity index (χ3v) is 2.62. The van der Waals surface area contributed by atoms with Crippen LogP contribution < -0.4 is 0 Å². The topological polar surface area (TPSA) is 12.4 Å². The molecule has 1 heteroatoms. The van der Waals surface area contributed by atoms with Crippen molar-refractivity contribution in [3.8, 4) is 0 Å². The molecule has 0 fully saturated rings. The van der Waals surface area contributed by atoms with Crippen molar-refractivity contribution in [3.63, 3.8) is 0 Å². The van der Waals surface area contributed by atoms with Crippen molar-refractivity contribution in [2.75, 3.05) is 0 Å². The van der Waals surface area contributed by atoms with Crippen LogP contribution >= 0.6 is 0 Å². The van der Waals surface area contributed by atoms with Gasteiger partial charge in [-0.1, -0.05) is 35.9 Å². The molecule has 17 heavy (non-hydrogen) atoms. The maximum absolute atomic E-state index is 4.49. The second kappa shape index (κ2) is 6.85. The molecule has 0 aromatic heterocycles. The molecule has 0 saturated heterocycles. The second-order valence-corrected chi connectivity index (χ2v) is 4.50. The van der Waals surface area contributed by atoms with E-state index in [4.69, 9.17) is 0 Å². The van der Waals surface area contributed by atoms with Crippen LogP contribution in [0.1, 0.15) is 39.2 Å². The van der Waals surface area contributed by atoms with Gasteiger partial charge in [0.05, 0.1) is 0 Å². The highest BCUT2D eigenvalue weighted by Crippen LogP contribution is 2.13. The standard InChI is InChI=1S/C16H21N/c1-13(2)10-11-15(4)17-12-14(3)16-8-6-5-7-9-16/h5-9,12H,1,10-11H2,2-4H3/b14-12+,17-15-. The Labute approximate surface area is 105 Å². The molecule has 1 aromatic carbocycles. The normalized spacial score (nSPS) is 12.6. The maximum atomic E-state index is 4.49. The average molecular weight is 227 g/mol. The van der Waals surface area contributed by atoms with Crippen molar-refractivity contribution in [2.45, 2.75) is 33.6 Å². The van der Waals surface area contributed by atoms with Crippen molar-refractivity contribution in [3.05, 3.63) is 54.2 Å². The monoisotopic (exact) mass is 227 g/mol. The Morgan fingerprint density at radius 3 is 2.35 bits per heavy atom. The molecule has 90 valence electrons. The minimum Gasteiger partial charge on any atom is -0.266 e. The molecular formula is C16H21N. The Morgan fingerprint density at radius 2 is 1.76 bits per heavy atom. The lowest BCUT2D eigenvalue weighted by Crippen LogP contribution is -1.90. The Hall–Kier alpha value is -1.63. The van der Waals surface area contributed by atoms with E-state index in [1.807, 2.05) is 24.4 Å². The van der Waals surface area contributed by atoms with Gasteiger partial charge in [0.15, 0.2) is 0 Å². The van der Waals surface area contributed by atoms with Crippen molar-refractivity contribution in [2.24, 2.45) is 4.99 Å². The summed E-state index contributed by atoms with van der Waals surface area (Å²) in [7, 11) is 0. The quantitative estimate of drug-likeness (QED) is 0.503. The molecule has 0 amide bonds. The first-order chi connectivity index (χ1) is 8.09. The molecule has 0 spiro atoms. The smallest absolute Gasteiger partial charge is 0.0302 e. The van der Waals surface area contributed by atoms with Crippen molar-refractivity contribution in [1.82, 2.24) is 0 Å². The van der Waals surface area contributed by atoms with Crippen LogP contribution in [-0.4, -0.2) is 5.71 Å². The summed E-state index contributed by atoms with van der Waals surface area (Å²) in [4.78, 5) is 4.49. The minimum absolute atomic E-state index is 0.994. The Morgan fingerprint density at radius 1 is 1.12 bits per heavy atom. The Balaban J connectivity index is 2.63. The van der Waals surface area contributed by atoms with E-state index < -0.39 is 0 Å². The molecule has 1 aromatic rings. The first-order valence-electron chi connectivity index (χ1n) is 5.99. The summed E-state index contributed by atoms with van der Waals surface area (Å²) in [5.74, 6) is 0. The Kier molecular flexibility index (Phi) is 5.41. The third-order valence-electron chi connectivity index (χ3n) is 2.62.